The second kappa shape index (κ2) is 4.60. The van der Waals surface area contributed by atoms with Crippen LogP contribution in [0.5, 0.6) is 0 Å². The molecule has 2 rings (SSSR count). The first-order chi connectivity index (χ1) is 8.35. The Morgan fingerprint density at radius 2 is 2.06 bits per heavy atom. The molecule has 0 unspecified atom stereocenters. The first-order valence-electron chi connectivity index (χ1n) is 4.86. The van der Waals surface area contributed by atoms with E-state index in [0.717, 1.165) is 4.68 Å². The molecule has 96 valence electrons. The Bertz CT molecular complexity index is 564. The van der Waals surface area contributed by atoms with Gasteiger partial charge in [-0.1, -0.05) is 0 Å². The minimum absolute atomic E-state index is 0.241. The van der Waals surface area contributed by atoms with E-state index < -0.39 is 12.7 Å². The third kappa shape index (κ3) is 3.00. The maximum Gasteiger partial charge on any atom is 0.408 e. The minimum Gasteiger partial charge on any atom is -0.383 e. The van der Waals surface area contributed by atoms with E-state index >= 15 is 0 Å². The average Bonchev–Trinajstić information content (AvgIpc) is 2.67. The second-order valence-corrected chi connectivity index (χ2v) is 4.54. The molecule has 2 aromatic rings. The first-order valence-corrected chi connectivity index (χ1v) is 5.65. The molecule has 0 spiro atoms. The Hall–Kier alpha value is -1.57. The molecule has 0 aliphatic heterocycles. The van der Waals surface area contributed by atoms with Gasteiger partial charge in [-0.3, -0.25) is 4.68 Å². The van der Waals surface area contributed by atoms with Crippen LogP contribution in [0.25, 0.3) is 11.1 Å². The van der Waals surface area contributed by atoms with Crippen LogP contribution in [0.2, 0.25) is 0 Å². The van der Waals surface area contributed by atoms with Crippen LogP contribution in [0.3, 0.4) is 0 Å². The van der Waals surface area contributed by atoms with Crippen LogP contribution in [-0.4, -0.2) is 20.9 Å². The van der Waals surface area contributed by atoms with Crippen molar-refractivity contribution < 1.29 is 13.2 Å². The molecule has 0 radical (unpaired) electrons. The summed E-state index contributed by atoms with van der Waals surface area (Å²) in [4.78, 5) is 3.91. The van der Waals surface area contributed by atoms with Gasteiger partial charge in [0.1, 0.15) is 12.4 Å². The lowest BCUT2D eigenvalue weighted by molar-refractivity contribution is -0.142. The van der Waals surface area contributed by atoms with Gasteiger partial charge in [0.2, 0.25) is 0 Å². The summed E-state index contributed by atoms with van der Waals surface area (Å²) in [5.41, 5.74) is 6.70. The third-order valence-electron chi connectivity index (χ3n) is 2.17. The van der Waals surface area contributed by atoms with Crippen LogP contribution in [0.15, 0.2) is 29.1 Å². The normalized spacial score (nSPS) is 11.8. The van der Waals surface area contributed by atoms with Crippen LogP contribution >= 0.6 is 15.9 Å². The van der Waals surface area contributed by atoms with Crippen molar-refractivity contribution in [1.82, 2.24) is 14.8 Å². The highest BCUT2D eigenvalue weighted by Gasteiger charge is 2.28. The molecule has 0 amide bonds. The Labute approximate surface area is 109 Å². The Morgan fingerprint density at radius 1 is 1.33 bits per heavy atom. The summed E-state index contributed by atoms with van der Waals surface area (Å²) in [5, 5.41) is 3.65. The summed E-state index contributed by atoms with van der Waals surface area (Å²) in [6, 6.07) is 1.68. The number of hydrogen-bond acceptors (Lipinski definition) is 3. The molecule has 0 saturated carbocycles. The van der Waals surface area contributed by atoms with Crippen molar-refractivity contribution in [2.24, 2.45) is 0 Å². The monoisotopic (exact) mass is 320 g/mol. The summed E-state index contributed by atoms with van der Waals surface area (Å²) < 4.78 is 38.1. The topological polar surface area (TPSA) is 56.7 Å². The molecular formula is C10H8BrF3N4. The fourth-order valence-electron chi connectivity index (χ4n) is 1.45. The molecule has 8 heteroatoms. The van der Waals surface area contributed by atoms with Gasteiger partial charge in [0.15, 0.2) is 0 Å². The van der Waals surface area contributed by atoms with Crippen LogP contribution < -0.4 is 5.73 Å². The molecule has 0 aliphatic carbocycles. The standard InChI is InChI=1S/C10H8BrF3N4/c11-7-1-8(9(15)16-3-7)6-2-17-18(4-6)5-10(12,13)14/h1-4H,5H2,(H2,15,16). The lowest BCUT2D eigenvalue weighted by Gasteiger charge is -2.05. The van der Waals surface area contributed by atoms with Crippen molar-refractivity contribution in [3.05, 3.63) is 29.1 Å². The lowest BCUT2D eigenvalue weighted by Crippen LogP contribution is -2.17. The quantitative estimate of drug-likeness (QED) is 0.925. The molecule has 0 atom stereocenters. The van der Waals surface area contributed by atoms with Gasteiger partial charge in [0, 0.05) is 28.0 Å². The van der Waals surface area contributed by atoms with Crippen molar-refractivity contribution in [2.75, 3.05) is 5.73 Å². The van der Waals surface area contributed by atoms with Gasteiger partial charge in [-0.05, 0) is 22.0 Å². The Morgan fingerprint density at radius 3 is 2.72 bits per heavy atom. The molecule has 0 bridgehead atoms. The van der Waals surface area contributed by atoms with Crippen molar-refractivity contribution in [3.63, 3.8) is 0 Å². The van der Waals surface area contributed by atoms with Crippen LogP contribution in [0, 0.1) is 0 Å². The zero-order valence-corrected chi connectivity index (χ0v) is 10.5. The van der Waals surface area contributed by atoms with E-state index in [0.29, 0.717) is 15.6 Å². The number of nitrogens with two attached hydrogens (primary N) is 1. The molecule has 2 heterocycles. The SMILES string of the molecule is Nc1ncc(Br)cc1-c1cnn(CC(F)(F)F)c1. The highest BCUT2D eigenvalue weighted by molar-refractivity contribution is 9.10. The number of pyridine rings is 1. The maximum absolute atomic E-state index is 12.2. The van der Waals surface area contributed by atoms with Crippen molar-refractivity contribution in [3.8, 4) is 11.1 Å². The number of rotatable bonds is 2. The smallest absolute Gasteiger partial charge is 0.383 e. The molecule has 4 nitrogen and oxygen atoms in total. The molecule has 0 fully saturated rings. The largest absolute Gasteiger partial charge is 0.408 e. The van der Waals surface area contributed by atoms with E-state index in [1.165, 1.54) is 18.6 Å². The molecule has 2 N–H and O–H groups in total. The van der Waals surface area contributed by atoms with E-state index in [1.807, 2.05) is 0 Å². The van der Waals surface area contributed by atoms with Gasteiger partial charge in [-0.15, -0.1) is 0 Å². The molecule has 18 heavy (non-hydrogen) atoms. The lowest BCUT2D eigenvalue weighted by atomic mass is 10.1. The van der Waals surface area contributed by atoms with Gasteiger partial charge in [-0.2, -0.15) is 18.3 Å². The van der Waals surface area contributed by atoms with E-state index in [1.54, 1.807) is 6.07 Å². The van der Waals surface area contributed by atoms with E-state index in [4.69, 9.17) is 5.73 Å². The van der Waals surface area contributed by atoms with Gasteiger partial charge < -0.3 is 5.73 Å². The maximum atomic E-state index is 12.2. The summed E-state index contributed by atoms with van der Waals surface area (Å²) in [5.74, 6) is 0.241. The first kappa shape index (κ1) is 12.9. The number of halogens is 4. The van der Waals surface area contributed by atoms with E-state index in [9.17, 15) is 13.2 Å². The molecule has 0 aromatic carbocycles. The van der Waals surface area contributed by atoms with Gasteiger partial charge in [-0.25, -0.2) is 4.98 Å². The molecule has 0 aliphatic rings. The number of anilines is 1. The van der Waals surface area contributed by atoms with Crippen LogP contribution in [0.4, 0.5) is 19.0 Å². The fraction of sp³-hybridized carbons (Fsp3) is 0.200. The molecular weight excluding hydrogens is 313 g/mol. The average molecular weight is 321 g/mol. The number of alkyl halides is 3. The van der Waals surface area contributed by atoms with Crippen LogP contribution in [-0.2, 0) is 6.54 Å². The zero-order chi connectivity index (χ0) is 13.3. The fourth-order valence-corrected chi connectivity index (χ4v) is 1.79. The van der Waals surface area contributed by atoms with Crippen molar-refractivity contribution in [2.45, 2.75) is 12.7 Å². The summed E-state index contributed by atoms with van der Waals surface area (Å²) in [7, 11) is 0. The predicted molar refractivity (Wildman–Crippen MR) is 63.6 cm³/mol. The summed E-state index contributed by atoms with van der Waals surface area (Å²) in [6.07, 6.45) is -0.178. The predicted octanol–water partition coefficient (Wildman–Crippen LogP) is 2.85. The van der Waals surface area contributed by atoms with E-state index in [-0.39, 0.29) is 5.82 Å². The van der Waals surface area contributed by atoms with Crippen molar-refractivity contribution >= 4 is 21.7 Å². The zero-order valence-electron chi connectivity index (χ0n) is 8.95. The minimum atomic E-state index is -4.30. The Kier molecular flexibility index (Phi) is 3.29. The summed E-state index contributed by atoms with van der Waals surface area (Å²) >= 11 is 3.22. The molecule has 2 aromatic heterocycles. The number of aromatic nitrogens is 3. The Balaban J connectivity index is 2.32. The number of nitrogens with zero attached hydrogens (tertiary/aromatic N) is 3. The highest BCUT2D eigenvalue weighted by Crippen LogP contribution is 2.27. The third-order valence-corrected chi connectivity index (χ3v) is 2.60. The van der Waals surface area contributed by atoms with Crippen molar-refractivity contribution in [1.29, 1.82) is 0 Å². The number of nitrogen functional groups attached to an aromatic ring is 1. The van der Waals surface area contributed by atoms with Gasteiger partial charge in [0.25, 0.3) is 0 Å². The number of hydrogen-bond donors (Lipinski definition) is 1. The highest BCUT2D eigenvalue weighted by atomic mass is 79.9. The van der Waals surface area contributed by atoms with Gasteiger partial charge >= 0.3 is 6.18 Å². The van der Waals surface area contributed by atoms with Crippen LogP contribution in [0.1, 0.15) is 0 Å². The second-order valence-electron chi connectivity index (χ2n) is 3.63. The van der Waals surface area contributed by atoms with Gasteiger partial charge in [0.05, 0.1) is 6.20 Å². The molecule has 0 saturated heterocycles. The van der Waals surface area contributed by atoms with E-state index in [2.05, 4.69) is 26.0 Å². The summed E-state index contributed by atoms with van der Waals surface area (Å²) in [6.45, 7) is -1.13.